The molecule has 216 valence electrons. The van der Waals surface area contributed by atoms with Gasteiger partial charge in [0.1, 0.15) is 11.5 Å². The summed E-state index contributed by atoms with van der Waals surface area (Å²) in [6, 6.07) is 9.43. The maximum atomic E-state index is 13.7. The van der Waals surface area contributed by atoms with E-state index < -0.39 is 0 Å². The summed E-state index contributed by atoms with van der Waals surface area (Å²) < 4.78 is 23.0. The highest BCUT2D eigenvalue weighted by Crippen LogP contribution is 2.39. The monoisotopic (exact) mass is 624 g/mol. The van der Waals surface area contributed by atoms with Crippen LogP contribution >= 0.6 is 15.9 Å². The van der Waals surface area contributed by atoms with E-state index in [9.17, 15) is 4.79 Å². The molecule has 5 rings (SSSR count). The highest BCUT2D eigenvalue weighted by atomic mass is 79.9. The van der Waals surface area contributed by atoms with Gasteiger partial charge < -0.3 is 24.7 Å². The van der Waals surface area contributed by atoms with E-state index in [1.165, 1.54) is 0 Å². The van der Waals surface area contributed by atoms with E-state index in [4.69, 9.17) is 24.7 Å². The van der Waals surface area contributed by atoms with Gasteiger partial charge in [0.25, 0.3) is 11.9 Å². The van der Waals surface area contributed by atoms with Gasteiger partial charge >= 0.3 is 0 Å². The molecule has 0 radical (unpaired) electrons. The highest BCUT2D eigenvalue weighted by Gasteiger charge is 2.36. The van der Waals surface area contributed by atoms with Gasteiger partial charge in [0.05, 0.1) is 45.9 Å². The van der Waals surface area contributed by atoms with Gasteiger partial charge in [-0.25, -0.2) is 9.98 Å². The van der Waals surface area contributed by atoms with Crippen molar-refractivity contribution >= 4 is 45.0 Å². The number of carbonyl (C=O) groups excluding carboxylic acids is 1. The van der Waals surface area contributed by atoms with E-state index in [2.05, 4.69) is 35.8 Å². The molecule has 2 unspecified atom stereocenters. The van der Waals surface area contributed by atoms with Crippen molar-refractivity contribution in [1.29, 1.82) is 0 Å². The first-order chi connectivity index (χ1) is 19.7. The molecule has 1 aromatic heterocycles. The normalized spacial score (nSPS) is 19.9. The minimum absolute atomic E-state index is 0.0870. The smallest absolute Gasteiger partial charge is 0.278 e. The van der Waals surface area contributed by atoms with Crippen LogP contribution in [0.4, 0.5) is 17.5 Å². The standard InChI is InChI=1S/C29H33BrN6O5/c1-16-13-35(14-17(2)41-16)15-36-22-7-6-20(30)11-21(22)25(28(36)37)33-29-32-12-19(27(31)34-29)8-18-9-23(38-3)26(40-5)24(10-18)39-4/h6-7,9-12,16-17H,8,13-15H2,1-5H3,(H2,31,32,34)/b33-25-. The molecule has 11 nitrogen and oxygen atoms in total. The van der Waals surface area contributed by atoms with Gasteiger partial charge in [0.2, 0.25) is 5.75 Å². The third-order valence-electron chi connectivity index (χ3n) is 7.01. The van der Waals surface area contributed by atoms with Crippen molar-refractivity contribution in [3.8, 4) is 17.2 Å². The quantitative estimate of drug-likeness (QED) is 0.396. The maximum absolute atomic E-state index is 13.7. The molecular formula is C29H33BrN6O5. The van der Waals surface area contributed by atoms with Crippen LogP contribution in [0.15, 0.2) is 46.0 Å². The summed E-state index contributed by atoms with van der Waals surface area (Å²) >= 11 is 3.53. The topological polar surface area (TPSA) is 125 Å². The van der Waals surface area contributed by atoms with Gasteiger partial charge in [-0.1, -0.05) is 15.9 Å². The van der Waals surface area contributed by atoms with Gasteiger partial charge in [0.15, 0.2) is 11.5 Å². The van der Waals surface area contributed by atoms with E-state index in [-0.39, 0.29) is 35.6 Å². The van der Waals surface area contributed by atoms with Gasteiger partial charge in [0, 0.05) is 41.3 Å². The SMILES string of the molecule is COc1cc(Cc2cnc(/N=C3\C(=O)N(CN4CC(C)OC(C)C4)c4ccc(Br)cc43)nc2N)cc(OC)c1OC. The number of ether oxygens (including phenoxy) is 4. The van der Waals surface area contributed by atoms with Crippen LogP contribution in [0.25, 0.3) is 0 Å². The van der Waals surface area contributed by atoms with Crippen molar-refractivity contribution in [2.24, 2.45) is 4.99 Å². The lowest BCUT2D eigenvalue weighted by Gasteiger charge is -2.37. The summed E-state index contributed by atoms with van der Waals surface area (Å²) in [5, 5.41) is 0. The van der Waals surface area contributed by atoms with Crippen LogP contribution in [-0.2, 0) is 16.0 Å². The number of rotatable bonds is 8. The Bertz CT molecular complexity index is 1460. The number of halogens is 1. The van der Waals surface area contributed by atoms with Crippen molar-refractivity contribution in [3.63, 3.8) is 0 Å². The number of aromatic nitrogens is 2. The molecule has 1 amide bonds. The Balaban J connectivity index is 1.42. The number of amides is 1. The average molecular weight is 626 g/mol. The zero-order valence-electron chi connectivity index (χ0n) is 23.7. The molecule has 2 N–H and O–H groups in total. The van der Waals surface area contributed by atoms with Crippen LogP contribution in [0, 0.1) is 0 Å². The third-order valence-corrected chi connectivity index (χ3v) is 7.50. The van der Waals surface area contributed by atoms with Crippen molar-refractivity contribution in [2.75, 3.05) is 51.7 Å². The maximum Gasteiger partial charge on any atom is 0.278 e. The van der Waals surface area contributed by atoms with Crippen molar-refractivity contribution < 1.29 is 23.7 Å². The van der Waals surface area contributed by atoms with E-state index in [0.717, 1.165) is 28.8 Å². The molecule has 2 aliphatic heterocycles. The van der Waals surface area contributed by atoms with Gasteiger partial charge in [-0.2, -0.15) is 4.98 Å². The van der Waals surface area contributed by atoms with Gasteiger partial charge in [-0.05, 0) is 49.7 Å². The van der Waals surface area contributed by atoms with Crippen molar-refractivity contribution in [2.45, 2.75) is 32.5 Å². The molecule has 3 heterocycles. The van der Waals surface area contributed by atoms with Crippen LogP contribution in [0.5, 0.6) is 17.2 Å². The number of methoxy groups -OCH3 is 3. The molecule has 12 heteroatoms. The van der Waals surface area contributed by atoms with Crippen LogP contribution in [0.1, 0.15) is 30.5 Å². The number of morpholine rings is 1. The number of nitrogens with two attached hydrogens (primary N) is 1. The average Bonchev–Trinajstić information content (AvgIpc) is 3.18. The Hall–Kier alpha value is -3.74. The number of fused-ring (bicyclic) bond motifs is 1. The minimum atomic E-state index is -0.214. The Morgan fingerprint density at radius 2 is 1.76 bits per heavy atom. The van der Waals surface area contributed by atoms with Crippen LogP contribution < -0.4 is 24.8 Å². The zero-order valence-corrected chi connectivity index (χ0v) is 25.3. The second-order valence-corrected chi connectivity index (χ2v) is 11.0. The molecule has 41 heavy (non-hydrogen) atoms. The van der Waals surface area contributed by atoms with Crippen molar-refractivity contribution in [1.82, 2.24) is 14.9 Å². The molecule has 0 bridgehead atoms. The molecule has 1 saturated heterocycles. The Labute approximate surface area is 247 Å². The van der Waals surface area contributed by atoms with E-state index in [1.54, 1.807) is 32.4 Å². The molecule has 0 saturated carbocycles. The summed E-state index contributed by atoms with van der Waals surface area (Å²) in [6.45, 7) is 5.99. The summed E-state index contributed by atoms with van der Waals surface area (Å²) in [4.78, 5) is 31.1. The number of nitrogen functional groups attached to an aromatic ring is 1. The number of nitrogens with zero attached hydrogens (tertiary/aromatic N) is 5. The summed E-state index contributed by atoms with van der Waals surface area (Å²) in [7, 11) is 4.69. The molecule has 3 aromatic rings. The molecule has 0 spiro atoms. The van der Waals surface area contributed by atoms with E-state index >= 15 is 0 Å². The Morgan fingerprint density at radius 3 is 2.37 bits per heavy atom. The first-order valence-electron chi connectivity index (χ1n) is 13.2. The molecular weight excluding hydrogens is 592 g/mol. The number of carbonyl (C=O) groups is 1. The van der Waals surface area contributed by atoms with Crippen molar-refractivity contribution in [3.05, 3.63) is 57.7 Å². The zero-order chi connectivity index (χ0) is 29.3. The largest absolute Gasteiger partial charge is 0.493 e. The van der Waals surface area contributed by atoms with E-state index in [0.29, 0.717) is 41.5 Å². The lowest BCUT2D eigenvalue weighted by atomic mass is 10.1. The Kier molecular flexibility index (Phi) is 8.43. The number of aliphatic imine (C=N–C) groups is 1. The number of benzene rings is 2. The summed E-state index contributed by atoms with van der Waals surface area (Å²) in [5.74, 6) is 1.75. The summed E-state index contributed by atoms with van der Waals surface area (Å²) in [5.41, 5.74) is 9.68. The fourth-order valence-electron chi connectivity index (χ4n) is 5.29. The molecule has 2 aromatic carbocycles. The first-order valence-corrected chi connectivity index (χ1v) is 14.0. The highest BCUT2D eigenvalue weighted by molar-refractivity contribution is 9.10. The Morgan fingerprint density at radius 1 is 1.07 bits per heavy atom. The fraction of sp³-hybridized carbons (Fsp3) is 0.379. The lowest BCUT2D eigenvalue weighted by molar-refractivity contribution is -0.113. The van der Waals surface area contributed by atoms with Crippen LogP contribution in [-0.4, -0.2) is 79.8 Å². The summed E-state index contributed by atoms with van der Waals surface area (Å²) in [6.07, 6.45) is 2.23. The fourth-order valence-corrected chi connectivity index (χ4v) is 5.65. The number of hydrogen-bond acceptors (Lipinski definition) is 10. The number of hydrogen-bond donors (Lipinski definition) is 1. The van der Waals surface area contributed by atoms with Crippen LogP contribution in [0.3, 0.4) is 0 Å². The molecule has 1 fully saturated rings. The lowest BCUT2D eigenvalue weighted by Crippen LogP contribution is -2.50. The predicted molar refractivity (Wildman–Crippen MR) is 160 cm³/mol. The second-order valence-electron chi connectivity index (χ2n) is 10.1. The molecule has 2 atom stereocenters. The van der Waals surface area contributed by atoms with E-state index in [1.807, 2.05) is 44.2 Å². The molecule has 0 aliphatic carbocycles. The molecule has 2 aliphatic rings. The first kappa shape index (κ1) is 28.8. The number of anilines is 2. The second kappa shape index (κ2) is 12.0. The van der Waals surface area contributed by atoms with Gasteiger partial charge in [-0.15, -0.1) is 0 Å². The predicted octanol–water partition coefficient (Wildman–Crippen LogP) is 3.97. The third kappa shape index (κ3) is 5.99. The minimum Gasteiger partial charge on any atom is -0.493 e. The van der Waals surface area contributed by atoms with Gasteiger partial charge in [-0.3, -0.25) is 14.6 Å². The van der Waals surface area contributed by atoms with Crippen LogP contribution in [0.2, 0.25) is 0 Å².